The maximum absolute atomic E-state index is 9.33. The summed E-state index contributed by atoms with van der Waals surface area (Å²) in [5.74, 6) is 0.913. The highest BCUT2D eigenvalue weighted by Crippen LogP contribution is 2.20. The van der Waals surface area contributed by atoms with E-state index in [1.807, 2.05) is 6.92 Å². The molecule has 1 aliphatic rings. The highest BCUT2D eigenvalue weighted by molar-refractivity contribution is 5.04. The van der Waals surface area contributed by atoms with Gasteiger partial charge in [0.2, 0.25) is 0 Å². The first-order valence-electron chi connectivity index (χ1n) is 8.40. The van der Waals surface area contributed by atoms with Crippen LogP contribution in [0.3, 0.4) is 0 Å². The van der Waals surface area contributed by atoms with Crippen LogP contribution in [0.1, 0.15) is 66.2 Å². The number of piperidine rings is 1. The van der Waals surface area contributed by atoms with Crippen molar-refractivity contribution in [3.63, 3.8) is 0 Å². The Morgan fingerprint density at radius 3 is 2.75 bits per heavy atom. The highest BCUT2D eigenvalue weighted by atomic mass is 15.1. The van der Waals surface area contributed by atoms with Crippen LogP contribution in [0.4, 0.5) is 0 Å². The van der Waals surface area contributed by atoms with Gasteiger partial charge in [0.1, 0.15) is 5.54 Å². The third-order valence-corrected chi connectivity index (χ3v) is 4.44. The minimum absolute atomic E-state index is 0.359. The number of likely N-dealkylation sites (tertiary alicyclic amines) is 1. The Bertz CT molecular complexity index is 308. The maximum Gasteiger partial charge on any atom is 0.104 e. The van der Waals surface area contributed by atoms with Crippen LogP contribution >= 0.6 is 0 Å². The molecule has 0 aromatic rings. The van der Waals surface area contributed by atoms with Crippen molar-refractivity contribution in [2.24, 2.45) is 5.92 Å². The van der Waals surface area contributed by atoms with Crippen LogP contribution in [-0.2, 0) is 0 Å². The molecule has 1 N–H and O–H groups in total. The summed E-state index contributed by atoms with van der Waals surface area (Å²) in [7, 11) is 0. The van der Waals surface area contributed by atoms with E-state index in [2.05, 4.69) is 37.1 Å². The molecule has 0 aromatic carbocycles. The minimum atomic E-state index is -0.359. The summed E-state index contributed by atoms with van der Waals surface area (Å²) in [6.45, 7) is 12.3. The van der Waals surface area contributed by atoms with Gasteiger partial charge in [-0.1, -0.05) is 13.3 Å². The highest BCUT2D eigenvalue weighted by Gasteiger charge is 2.24. The van der Waals surface area contributed by atoms with E-state index in [9.17, 15) is 5.26 Å². The van der Waals surface area contributed by atoms with Crippen molar-refractivity contribution in [3.05, 3.63) is 0 Å². The second-order valence-electron chi connectivity index (χ2n) is 6.92. The largest absolute Gasteiger partial charge is 0.303 e. The van der Waals surface area contributed by atoms with Crippen molar-refractivity contribution >= 4 is 0 Å². The van der Waals surface area contributed by atoms with E-state index in [0.29, 0.717) is 6.04 Å². The van der Waals surface area contributed by atoms with E-state index < -0.39 is 0 Å². The first-order chi connectivity index (χ1) is 9.49. The summed E-state index contributed by atoms with van der Waals surface area (Å²) >= 11 is 0. The van der Waals surface area contributed by atoms with Gasteiger partial charge in [-0.15, -0.1) is 0 Å². The first kappa shape index (κ1) is 17.5. The zero-order chi connectivity index (χ0) is 15.0. The molecule has 1 aliphatic heterocycles. The van der Waals surface area contributed by atoms with Gasteiger partial charge in [0.25, 0.3) is 0 Å². The molecule has 1 fully saturated rings. The molecule has 0 aliphatic carbocycles. The van der Waals surface area contributed by atoms with Crippen molar-refractivity contribution in [3.8, 4) is 6.07 Å². The molecule has 1 saturated heterocycles. The number of rotatable bonds is 8. The van der Waals surface area contributed by atoms with Gasteiger partial charge >= 0.3 is 0 Å². The molecule has 0 spiro atoms. The lowest BCUT2D eigenvalue weighted by molar-refractivity contribution is 0.168. The van der Waals surface area contributed by atoms with E-state index in [0.717, 1.165) is 18.8 Å². The standard InChI is InChI=1S/C17H33N3/c1-5-16-9-8-12-20(13-16)11-7-6-10-17(4,14-18)19-15(2)3/h15-16,19H,5-13H2,1-4H3. The molecular weight excluding hydrogens is 246 g/mol. The van der Waals surface area contributed by atoms with Gasteiger partial charge in [-0.05, 0) is 71.9 Å². The smallest absolute Gasteiger partial charge is 0.104 e. The molecule has 0 bridgehead atoms. The average molecular weight is 279 g/mol. The third-order valence-electron chi connectivity index (χ3n) is 4.44. The van der Waals surface area contributed by atoms with Gasteiger partial charge < -0.3 is 4.90 Å². The van der Waals surface area contributed by atoms with Crippen LogP contribution in [0.2, 0.25) is 0 Å². The third kappa shape index (κ3) is 6.24. The lowest BCUT2D eigenvalue weighted by Gasteiger charge is -2.32. The van der Waals surface area contributed by atoms with Crippen LogP contribution < -0.4 is 5.32 Å². The zero-order valence-corrected chi connectivity index (χ0v) is 13.9. The molecule has 0 radical (unpaired) electrons. The molecule has 1 rings (SSSR count). The Morgan fingerprint density at radius 1 is 1.40 bits per heavy atom. The van der Waals surface area contributed by atoms with Gasteiger partial charge in [0.05, 0.1) is 6.07 Å². The summed E-state index contributed by atoms with van der Waals surface area (Å²) in [5.41, 5.74) is -0.359. The number of nitriles is 1. The van der Waals surface area contributed by atoms with E-state index >= 15 is 0 Å². The summed E-state index contributed by atoms with van der Waals surface area (Å²) in [6.07, 6.45) is 7.40. The van der Waals surface area contributed by atoms with Crippen LogP contribution in [-0.4, -0.2) is 36.1 Å². The molecule has 0 amide bonds. The van der Waals surface area contributed by atoms with Crippen LogP contribution in [0.5, 0.6) is 0 Å². The molecule has 20 heavy (non-hydrogen) atoms. The molecule has 116 valence electrons. The SMILES string of the molecule is CCC1CCCN(CCCCC(C)(C#N)NC(C)C)C1. The fourth-order valence-corrected chi connectivity index (χ4v) is 3.30. The number of nitrogens with zero attached hydrogens (tertiary/aromatic N) is 2. The normalized spacial score (nSPS) is 23.5. The van der Waals surface area contributed by atoms with Gasteiger partial charge in [-0.3, -0.25) is 5.32 Å². The van der Waals surface area contributed by atoms with Crippen molar-refractivity contribution in [2.75, 3.05) is 19.6 Å². The lowest BCUT2D eigenvalue weighted by Crippen LogP contribution is -2.45. The van der Waals surface area contributed by atoms with Crippen molar-refractivity contribution < 1.29 is 0 Å². The number of hydrogen-bond acceptors (Lipinski definition) is 3. The molecule has 0 saturated carbocycles. The van der Waals surface area contributed by atoms with Crippen molar-refractivity contribution in [1.82, 2.24) is 10.2 Å². The van der Waals surface area contributed by atoms with E-state index in [4.69, 9.17) is 0 Å². The molecule has 3 nitrogen and oxygen atoms in total. The second kappa shape index (κ2) is 8.64. The summed E-state index contributed by atoms with van der Waals surface area (Å²) in [5, 5.41) is 12.7. The molecule has 0 aromatic heterocycles. The Morgan fingerprint density at radius 2 is 2.15 bits per heavy atom. The number of unbranched alkanes of at least 4 members (excludes halogenated alkanes) is 1. The van der Waals surface area contributed by atoms with Gasteiger partial charge in [0, 0.05) is 12.6 Å². The predicted molar refractivity (Wildman–Crippen MR) is 85.6 cm³/mol. The second-order valence-corrected chi connectivity index (χ2v) is 6.92. The van der Waals surface area contributed by atoms with Gasteiger partial charge in [-0.25, -0.2) is 0 Å². The average Bonchev–Trinajstić information content (AvgIpc) is 2.43. The van der Waals surface area contributed by atoms with Gasteiger partial charge in [0.15, 0.2) is 0 Å². The quantitative estimate of drug-likeness (QED) is 0.691. The summed E-state index contributed by atoms with van der Waals surface area (Å²) in [4.78, 5) is 2.62. The van der Waals surface area contributed by atoms with E-state index in [-0.39, 0.29) is 5.54 Å². The van der Waals surface area contributed by atoms with Crippen LogP contribution in [0.25, 0.3) is 0 Å². The fraction of sp³-hybridized carbons (Fsp3) is 0.941. The molecule has 2 unspecified atom stereocenters. The molecule has 2 atom stereocenters. The topological polar surface area (TPSA) is 39.1 Å². The van der Waals surface area contributed by atoms with Crippen molar-refractivity contribution in [2.45, 2.75) is 77.8 Å². The van der Waals surface area contributed by atoms with Crippen LogP contribution in [0.15, 0.2) is 0 Å². The Balaban J connectivity index is 2.22. The molecular formula is C17H33N3. The predicted octanol–water partition coefficient (Wildman–Crippen LogP) is 3.56. The van der Waals surface area contributed by atoms with E-state index in [1.54, 1.807) is 0 Å². The van der Waals surface area contributed by atoms with E-state index in [1.165, 1.54) is 45.3 Å². The zero-order valence-electron chi connectivity index (χ0n) is 13.9. The summed E-state index contributed by atoms with van der Waals surface area (Å²) < 4.78 is 0. The Hall–Kier alpha value is -0.590. The molecule has 1 heterocycles. The first-order valence-corrected chi connectivity index (χ1v) is 8.40. The summed E-state index contributed by atoms with van der Waals surface area (Å²) in [6, 6.07) is 2.81. The van der Waals surface area contributed by atoms with Crippen molar-refractivity contribution in [1.29, 1.82) is 5.26 Å². The number of nitrogens with one attached hydrogen (secondary N) is 1. The Labute approximate surface area is 125 Å². The number of hydrogen-bond donors (Lipinski definition) is 1. The van der Waals surface area contributed by atoms with Crippen LogP contribution in [0, 0.1) is 17.2 Å². The monoisotopic (exact) mass is 279 g/mol. The van der Waals surface area contributed by atoms with Gasteiger partial charge in [-0.2, -0.15) is 5.26 Å². The molecule has 3 heteroatoms. The Kier molecular flexibility index (Phi) is 7.55. The minimum Gasteiger partial charge on any atom is -0.303 e. The lowest BCUT2D eigenvalue weighted by atomic mass is 9.94. The maximum atomic E-state index is 9.33. The fourth-order valence-electron chi connectivity index (χ4n) is 3.30.